The Kier molecular flexibility index (Phi) is 6.51. The molecule has 2 N–H and O–H groups in total. The SMILES string of the molecule is CCCC(C)NC(=O)COc1ccc(Br)c(C(=O)O)c1. The van der Waals surface area contributed by atoms with Gasteiger partial charge in [0.25, 0.3) is 5.91 Å². The van der Waals surface area contributed by atoms with Crippen LogP contribution < -0.4 is 10.1 Å². The summed E-state index contributed by atoms with van der Waals surface area (Å²) in [5.74, 6) is -0.919. The molecule has 5 nitrogen and oxygen atoms in total. The van der Waals surface area contributed by atoms with Crippen molar-refractivity contribution in [1.29, 1.82) is 0 Å². The molecule has 0 saturated carbocycles. The Balaban J connectivity index is 2.55. The number of carboxylic acids is 1. The number of carbonyl (C=O) groups is 2. The molecular formula is C14H18BrNO4. The molecule has 6 heteroatoms. The Labute approximate surface area is 126 Å². The molecule has 0 saturated heterocycles. The van der Waals surface area contributed by atoms with Crippen LogP contribution in [0.5, 0.6) is 5.75 Å². The van der Waals surface area contributed by atoms with E-state index in [0.29, 0.717) is 10.2 Å². The maximum Gasteiger partial charge on any atom is 0.336 e. The molecule has 0 bridgehead atoms. The number of carbonyl (C=O) groups excluding carboxylic acids is 1. The van der Waals surface area contributed by atoms with Gasteiger partial charge in [0, 0.05) is 10.5 Å². The predicted octanol–water partition coefficient (Wildman–Crippen LogP) is 2.83. The molecule has 1 aromatic carbocycles. The lowest BCUT2D eigenvalue weighted by atomic mass is 10.2. The van der Waals surface area contributed by atoms with Crippen LogP contribution in [0.25, 0.3) is 0 Å². The fraction of sp³-hybridized carbons (Fsp3) is 0.429. The summed E-state index contributed by atoms with van der Waals surface area (Å²) in [4.78, 5) is 22.6. The highest BCUT2D eigenvalue weighted by molar-refractivity contribution is 9.10. The van der Waals surface area contributed by atoms with Gasteiger partial charge in [-0.05, 0) is 47.5 Å². The lowest BCUT2D eigenvalue weighted by Crippen LogP contribution is -2.35. The molecule has 1 atom stereocenters. The molecule has 20 heavy (non-hydrogen) atoms. The molecule has 0 radical (unpaired) electrons. The average Bonchev–Trinajstić information content (AvgIpc) is 2.37. The van der Waals surface area contributed by atoms with Crippen LogP contribution >= 0.6 is 15.9 Å². The number of halogens is 1. The highest BCUT2D eigenvalue weighted by Gasteiger charge is 2.11. The van der Waals surface area contributed by atoms with E-state index in [2.05, 4.69) is 28.2 Å². The monoisotopic (exact) mass is 343 g/mol. The summed E-state index contributed by atoms with van der Waals surface area (Å²) in [5, 5.41) is 11.8. The van der Waals surface area contributed by atoms with Gasteiger partial charge >= 0.3 is 5.97 Å². The molecule has 1 amide bonds. The largest absolute Gasteiger partial charge is 0.484 e. The highest BCUT2D eigenvalue weighted by Crippen LogP contribution is 2.22. The fourth-order valence-electron chi connectivity index (χ4n) is 1.73. The average molecular weight is 344 g/mol. The topological polar surface area (TPSA) is 75.6 Å². The summed E-state index contributed by atoms with van der Waals surface area (Å²) in [6.45, 7) is 3.85. The Morgan fingerprint density at radius 3 is 2.75 bits per heavy atom. The zero-order valence-electron chi connectivity index (χ0n) is 11.5. The molecule has 110 valence electrons. The van der Waals surface area contributed by atoms with Crippen LogP contribution in [0, 0.1) is 0 Å². The molecular weight excluding hydrogens is 326 g/mol. The summed E-state index contributed by atoms with van der Waals surface area (Å²) >= 11 is 3.15. The number of amides is 1. The van der Waals surface area contributed by atoms with Crippen LogP contribution in [0.2, 0.25) is 0 Å². The third-order valence-electron chi connectivity index (χ3n) is 2.67. The minimum Gasteiger partial charge on any atom is -0.484 e. The normalized spacial score (nSPS) is 11.8. The van der Waals surface area contributed by atoms with E-state index in [-0.39, 0.29) is 24.1 Å². The van der Waals surface area contributed by atoms with Gasteiger partial charge in [-0.15, -0.1) is 0 Å². The van der Waals surface area contributed by atoms with Crippen molar-refractivity contribution < 1.29 is 19.4 Å². The van der Waals surface area contributed by atoms with Gasteiger partial charge in [-0.1, -0.05) is 13.3 Å². The van der Waals surface area contributed by atoms with Crippen molar-refractivity contribution in [2.75, 3.05) is 6.61 Å². The summed E-state index contributed by atoms with van der Waals surface area (Å²) < 4.78 is 5.77. The van der Waals surface area contributed by atoms with Crippen LogP contribution in [-0.2, 0) is 4.79 Å². The standard InChI is InChI=1S/C14H18BrNO4/c1-3-4-9(2)16-13(17)8-20-10-5-6-12(15)11(7-10)14(18)19/h5-7,9H,3-4,8H2,1-2H3,(H,16,17)(H,18,19). The summed E-state index contributed by atoms with van der Waals surface area (Å²) in [6.07, 6.45) is 1.91. The van der Waals surface area contributed by atoms with Gasteiger partial charge in [0.2, 0.25) is 0 Å². The van der Waals surface area contributed by atoms with Crippen LogP contribution in [0.15, 0.2) is 22.7 Å². The quantitative estimate of drug-likeness (QED) is 0.798. The van der Waals surface area contributed by atoms with Gasteiger partial charge in [0.15, 0.2) is 6.61 Å². The minimum atomic E-state index is -1.05. The number of ether oxygens (including phenoxy) is 1. The van der Waals surface area contributed by atoms with Crippen LogP contribution in [0.3, 0.4) is 0 Å². The molecule has 1 rings (SSSR count). The van der Waals surface area contributed by atoms with Crippen LogP contribution in [-0.4, -0.2) is 29.6 Å². The smallest absolute Gasteiger partial charge is 0.336 e. The first-order valence-electron chi connectivity index (χ1n) is 6.39. The van der Waals surface area contributed by atoms with Gasteiger partial charge in [-0.3, -0.25) is 4.79 Å². The van der Waals surface area contributed by atoms with Gasteiger partial charge in [-0.25, -0.2) is 4.79 Å². The van der Waals surface area contributed by atoms with E-state index in [4.69, 9.17) is 9.84 Å². The number of carboxylic acid groups (broad SMARTS) is 1. The second-order valence-electron chi connectivity index (χ2n) is 4.49. The second-order valence-corrected chi connectivity index (χ2v) is 5.35. The minimum absolute atomic E-state index is 0.0993. The summed E-state index contributed by atoms with van der Waals surface area (Å²) in [6, 6.07) is 4.68. The lowest BCUT2D eigenvalue weighted by molar-refractivity contribution is -0.123. The molecule has 1 aromatic rings. The first-order chi connectivity index (χ1) is 9.43. The second kappa shape index (κ2) is 7.89. The van der Waals surface area contributed by atoms with E-state index in [1.54, 1.807) is 12.1 Å². The van der Waals surface area contributed by atoms with Gasteiger partial charge in [0.1, 0.15) is 5.75 Å². The van der Waals surface area contributed by atoms with Crippen molar-refractivity contribution >= 4 is 27.8 Å². The van der Waals surface area contributed by atoms with E-state index >= 15 is 0 Å². The zero-order chi connectivity index (χ0) is 15.1. The maximum atomic E-state index is 11.6. The van der Waals surface area contributed by atoms with Gasteiger partial charge in [-0.2, -0.15) is 0 Å². The van der Waals surface area contributed by atoms with Crippen molar-refractivity contribution in [1.82, 2.24) is 5.32 Å². The van der Waals surface area contributed by atoms with Crippen molar-refractivity contribution in [3.05, 3.63) is 28.2 Å². The Hall–Kier alpha value is -1.56. The summed E-state index contributed by atoms with van der Waals surface area (Å²) in [7, 11) is 0. The molecule has 0 fully saturated rings. The van der Waals surface area contributed by atoms with E-state index in [1.807, 2.05) is 6.92 Å². The Bertz CT molecular complexity index is 490. The van der Waals surface area contributed by atoms with E-state index in [0.717, 1.165) is 12.8 Å². The number of hydrogen-bond donors (Lipinski definition) is 2. The number of nitrogens with one attached hydrogen (secondary N) is 1. The predicted molar refractivity (Wildman–Crippen MR) is 79.1 cm³/mol. The number of aromatic carboxylic acids is 1. The Morgan fingerprint density at radius 1 is 1.45 bits per heavy atom. The molecule has 0 aliphatic carbocycles. The van der Waals surface area contributed by atoms with Gasteiger partial charge < -0.3 is 15.2 Å². The first kappa shape index (κ1) is 16.5. The maximum absolute atomic E-state index is 11.6. The van der Waals surface area contributed by atoms with E-state index in [1.165, 1.54) is 6.07 Å². The molecule has 0 heterocycles. The summed E-state index contributed by atoms with van der Waals surface area (Å²) in [5.41, 5.74) is 0.0993. The van der Waals surface area contributed by atoms with Crippen molar-refractivity contribution in [3.8, 4) is 5.75 Å². The number of benzene rings is 1. The zero-order valence-corrected chi connectivity index (χ0v) is 13.1. The van der Waals surface area contributed by atoms with Crippen molar-refractivity contribution in [3.63, 3.8) is 0 Å². The van der Waals surface area contributed by atoms with Gasteiger partial charge in [0.05, 0.1) is 5.56 Å². The third kappa shape index (κ3) is 5.21. The molecule has 1 unspecified atom stereocenters. The first-order valence-corrected chi connectivity index (χ1v) is 7.18. The van der Waals surface area contributed by atoms with Crippen molar-refractivity contribution in [2.24, 2.45) is 0 Å². The fourth-order valence-corrected chi connectivity index (χ4v) is 2.14. The van der Waals surface area contributed by atoms with Crippen LogP contribution in [0.4, 0.5) is 0 Å². The highest BCUT2D eigenvalue weighted by atomic mass is 79.9. The molecule has 0 aliphatic rings. The number of hydrogen-bond acceptors (Lipinski definition) is 3. The molecule has 0 aromatic heterocycles. The number of rotatable bonds is 7. The van der Waals surface area contributed by atoms with Crippen LogP contribution in [0.1, 0.15) is 37.0 Å². The molecule has 0 aliphatic heterocycles. The third-order valence-corrected chi connectivity index (χ3v) is 3.36. The molecule has 0 spiro atoms. The van der Waals surface area contributed by atoms with Crippen molar-refractivity contribution in [2.45, 2.75) is 32.7 Å². The Morgan fingerprint density at radius 2 is 2.15 bits per heavy atom. The van der Waals surface area contributed by atoms with E-state index in [9.17, 15) is 9.59 Å². The lowest BCUT2D eigenvalue weighted by Gasteiger charge is -2.13. The van der Waals surface area contributed by atoms with E-state index < -0.39 is 5.97 Å².